The predicted molar refractivity (Wildman–Crippen MR) is 133 cm³/mol. The fraction of sp³-hybridized carbons (Fsp3) is 0. The van der Waals surface area contributed by atoms with Crippen LogP contribution in [0.3, 0.4) is 0 Å². The van der Waals surface area contributed by atoms with E-state index in [0.717, 1.165) is 15.9 Å². The quantitative estimate of drug-likeness (QED) is 0.188. The van der Waals surface area contributed by atoms with Gasteiger partial charge < -0.3 is 0 Å². The van der Waals surface area contributed by atoms with Gasteiger partial charge in [0.25, 0.3) is 5.69 Å². The Labute approximate surface area is 191 Å². The third-order valence-corrected chi connectivity index (χ3v) is 9.62. The number of nitriles is 1. The van der Waals surface area contributed by atoms with Crippen molar-refractivity contribution in [1.29, 1.82) is 5.26 Å². The Morgan fingerprint density at radius 3 is 1.42 bits per heavy atom. The van der Waals surface area contributed by atoms with E-state index < -0.39 is 17.6 Å². The predicted octanol–water partition coefficient (Wildman–Crippen LogP) is 4.47. The van der Waals surface area contributed by atoms with Gasteiger partial charge in [-0.3, -0.25) is 14.9 Å². The average molecular weight is 450 g/mol. The average Bonchev–Trinajstić information content (AvgIpc) is 2.88. The number of rotatable bonds is 6. The molecule has 0 bridgehead atoms. The number of nitro benzene ring substituents is 1. The lowest BCUT2D eigenvalue weighted by atomic mass is 10.1. The molecule has 4 aromatic carbocycles. The lowest BCUT2D eigenvalue weighted by Crippen LogP contribution is -2.33. The summed E-state index contributed by atoms with van der Waals surface area (Å²) in [6, 6.07) is 36.5. The van der Waals surface area contributed by atoms with Crippen LogP contribution in [0.1, 0.15) is 10.4 Å². The molecular weight excluding hydrogens is 431 g/mol. The normalized spacial score (nSPS) is 10.8. The number of hydrogen-bond donors (Lipinski definition) is 0. The number of hydrogen-bond acceptors (Lipinski definition) is 4. The Balaban J connectivity index is 2.13. The van der Waals surface area contributed by atoms with Crippen LogP contribution in [0.5, 0.6) is 0 Å². The van der Waals surface area contributed by atoms with E-state index in [2.05, 4.69) is 6.07 Å². The number of carbonyl (C=O) groups is 1. The Morgan fingerprint density at radius 1 is 0.697 bits per heavy atom. The molecule has 4 rings (SSSR count). The van der Waals surface area contributed by atoms with Crippen LogP contribution in [0.2, 0.25) is 0 Å². The van der Waals surface area contributed by atoms with Gasteiger partial charge in [-0.2, -0.15) is 5.26 Å². The third kappa shape index (κ3) is 4.01. The van der Waals surface area contributed by atoms with Crippen LogP contribution in [0.25, 0.3) is 0 Å². The van der Waals surface area contributed by atoms with Gasteiger partial charge in [-0.15, -0.1) is 0 Å². The second-order valence-corrected chi connectivity index (χ2v) is 10.6. The van der Waals surface area contributed by atoms with Crippen LogP contribution in [0.4, 0.5) is 5.69 Å². The molecule has 0 aliphatic carbocycles. The molecule has 0 fully saturated rings. The Bertz CT molecular complexity index is 1290. The summed E-state index contributed by atoms with van der Waals surface area (Å²) in [7, 11) is 0. The van der Waals surface area contributed by atoms with Gasteiger partial charge in [0.2, 0.25) is 5.78 Å². The molecule has 0 spiro atoms. The number of Topliss-reactive ketones (excluding diaryl/α,β-unsaturated/α-hetero) is 1. The van der Waals surface area contributed by atoms with Gasteiger partial charge >= 0.3 is 0 Å². The fourth-order valence-corrected chi connectivity index (χ4v) is 8.05. The van der Waals surface area contributed by atoms with Gasteiger partial charge in [0.05, 0.1) is 4.92 Å². The van der Waals surface area contributed by atoms with E-state index in [9.17, 15) is 20.2 Å². The third-order valence-electron chi connectivity index (χ3n) is 5.43. The van der Waals surface area contributed by atoms with Crippen molar-refractivity contribution < 1.29 is 9.72 Å². The first-order valence-electron chi connectivity index (χ1n) is 10.2. The Hall–Kier alpha value is -4.26. The van der Waals surface area contributed by atoms with Crippen molar-refractivity contribution in [3.05, 3.63) is 131 Å². The van der Waals surface area contributed by atoms with Crippen molar-refractivity contribution >= 4 is 39.6 Å². The molecule has 6 heteroatoms. The molecular formula is C27H19N2O3P. The lowest BCUT2D eigenvalue weighted by molar-refractivity contribution is -0.384. The smallest absolute Gasteiger partial charge is 0.269 e. The standard InChI is InChI=1S/C27H19N2O3P/c28-20-26(27(30)21-16-18-22(19-17-21)29(31)32)33(23-10-4-1-5-11-23,24-12-6-2-7-13-24)25-14-8-3-9-15-25/h1-19H. The summed E-state index contributed by atoms with van der Waals surface area (Å²) in [5.41, 5.74) is 0.129. The minimum absolute atomic E-state index is 0.111. The summed E-state index contributed by atoms with van der Waals surface area (Å²) in [5.74, 6) is -0.433. The van der Waals surface area contributed by atoms with Crippen LogP contribution < -0.4 is 15.9 Å². The SMILES string of the molecule is N#CC(C(=O)c1ccc([N+](=O)[O-])cc1)=P(c1ccccc1)(c1ccccc1)c1ccccc1. The molecule has 0 heterocycles. The van der Waals surface area contributed by atoms with Crippen molar-refractivity contribution in [3.63, 3.8) is 0 Å². The summed E-state index contributed by atoms with van der Waals surface area (Å²) >= 11 is 0. The highest BCUT2D eigenvalue weighted by molar-refractivity contribution is 7.97. The zero-order chi connectivity index (χ0) is 23.3. The first-order chi connectivity index (χ1) is 16.1. The van der Waals surface area contributed by atoms with E-state index in [1.807, 2.05) is 91.0 Å². The molecule has 0 unspecified atom stereocenters. The van der Waals surface area contributed by atoms with Crippen molar-refractivity contribution in [2.24, 2.45) is 0 Å². The number of nitro groups is 1. The second-order valence-electron chi connectivity index (χ2n) is 7.27. The van der Waals surface area contributed by atoms with Crippen molar-refractivity contribution in [2.45, 2.75) is 0 Å². The number of ketones is 1. The number of carbonyl (C=O) groups excluding carboxylic acids is 1. The minimum atomic E-state index is -2.84. The molecule has 0 atom stereocenters. The van der Waals surface area contributed by atoms with Crippen LogP contribution in [-0.2, 0) is 0 Å². The Morgan fingerprint density at radius 2 is 1.09 bits per heavy atom. The molecule has 0 aliphatic rings. The maximum Gasteiger partial charge on any atom is 0.269 e. The summed E-state index contributed by atoms with van der Waals surface area (Å²) in [4.78, 5) is 24.4. The summed E-state index contributed by atoms with van der Waals surface area (Å²) in [5, 5.41) is 24.3. The van der Waals surface area contributed by atoms with Crippen LogP contribution in [0, 0.1) is 21.4 Å². The fourth-order valence-electron chi connectivity index (χ4n) is 3.94. The van der Waals surface area contributed by atoms with E-state index in [1.54, 1.807) is 0 Å². The Kier molecular flexibility index (Phi) is 6.31. The lowest BCUT2D eigenvalue weighted by Gasteiger charge is -2.30. The first-order valence-corrected chi connectivity index (χ1v) is 12.0. The van der Waals surface area contributed by atoms with E-state index in [-0.39, 0.29) is 16.5 Å². The van der Waals surface area contributed by atoms with Gasteiger partial charge in [-0.05, 0) is 34.9 Å². The number of benzene rings is 4. The molecule has 0 amide bonds. The maximum atomic E-state index is 13.8. The number of non-ortho nitro benzene ring substituents is 1. The molecule has 0 saturated heterocycles. The van der Waals surface area contributed by atoms with Crippen LogP contribution >= 0.6 is 6.89 Å². The van der Waals surface area contributed by atoms with Gasteiger partial charge in [-0.25, -0.2) is 0 Å². The summed E-state index contributed by atoms with van der Waals surface area (Å²) in [6.07, 6.45) is 0. The molecule has 0 aromatic heterocycles. The monoisotopic (exact) mass is 450 g/mol. The largest absolute Gasteiger partial charge is 0.288 e. The van der Waals surface area contributed by atoms with Crippen molar-refractivity contribution in [1.82, 2.24) is 0 Å². The van der Waals surface area contributed by atoms with Crippen LogP contribution in [0.15, 0.2) is 115 Å². The van der Waals surface area contributed by atoms with E-state index >= 15 is 0 Å². The van der Waals surface area contributed by atoms with E-state index in [4.69, 9.17) is 0 Å². The molecule has 4 aromatic rings. The van der Waals surface area contributed by atoms with Crippen LogP contribution in [-0.4, -0.2) is 16.0 Å². The zero-order valence-electron chi connectivity index (χ0n) is 17.5. The van der Waals surface area contributed by atoms with E-state index in [1.165, 1.54) is 24.3 Å². The molecule has 160 valence electrons. The van der Waals surface area contributed by atoms with Crippen molar-refractivity contribution in [2.75, 3.05) is 0 Å². The van der Waals surface area contributed by atoms with Gasteiger partial charge in [-0.1, -0.05) is 91.0 Å². The molecule has 33 heavy (non-hydrogen) atoms. The summed E-state index contributed by atoms with van der Waals surface area (Å²) in [6.45, 7) is -2.84. The highest BCUT2D eigenvalue weighted by Gasteiger charge is 2.33. The van der Waals surface area contributed by atoms with Crippen molar-refractivity contribution in [3.8, 4) is 6.07 Å². The molecule has 5 nitrogen and oxygen atoms in total. The molecule has 0 radical (unpaired) electrons. The second kappa shape index (κ2) is 9.48. The first kappa shape index (κ1) is 22.0. The van der Waals surface area contributed by atoms with Gasteiger partial charge in [0.1, 0.15) is 11.4 Å². The topological polar surface area (TPSA) is 84.0 Å². The maximum absolute atomic E-state index is 13.8. The van der Waals surface area contributed by atoms with Gasteiger partial charge in [0.15, 0.2) is 0 Å². The number of nitrogens with zero attached hydrogens (tertiary/aromatic N) is 2. The molecule has 0 aliphatic heterocycles. The summed E-state index contributed by atoms with van der Waals surface area (Å²) < 4.78 is 0. The highest BCUT2D eigenvalue weighted by Crippen LogP contribution is 2.46. The molecule has 0 N–H and O–H groups in total. The molecule has 0 saturated carbocycles. The zero-order valence-corrected chi connectivity index (χ0v) is 18.4. The highest BCUT2D eigenvalue weighted by atomic mass is 31.2. The van der Waals surface area contributed by atoms with Gasteiger partial charge in [0, 0.05) is 17.7 Å². The van der Waals surface area contributed by atoms with E-state index in [0.29, 0.717) is 0 Å². The minimum Gasteiger partial charge on any atom is -0.288 e.